The van der Waals surface area contributed by atoms with E-state index in [9.17, 15) is 0 Å². The van der Waals surface area contributed by atoms with Crippen LogP contribution in [0.15, 0.2) is 5.38 Å². The summed E-state index contributed by atoms with van der Waals surface area (Å²) in [7, 11) is 0. The van der Waals surface area contributed by atoms with Crippen molar-refractivity contribution in [2.45, 2.75) is 58.5 Å². The summed E-state index contributed by atoms with van der Waals surface area (Å²) in [6.07, 6.45) is 7.10. The van der Waals surface area contributed by atoms with Gasteiger partial charge in [-0.2, -0.15) is 0 Å². The van der Waals surface area contributed by atoms with Crippen LogP contribution < -0.4 is 5.32 Å². The van der Waals surface area contributed by atoms with Gasteiger partial charge >= 0.3 is 0 Å². The van der Waals surface area contributed by atoms with Crippen molar-refractivity contribution < 1.29 is 0 Å². The van der Waals surface area contributed by atoms with E-state index >= 15 is 0 Å². The van der Waals surface area contributed by atoms with Gasteiger partial charge in [0, 0.05) is 23.7 Å². The molecule has 90 valence electrons. The molecule has 16 heavy (non-hydrogen) atoms. The van der Waals surface area contributed by atoms with E-state index in [1.165, 1.54) is 37.1 Å². The van der Waals surface area contributed by atoms with Gasteiger partial charge in [0.2, 0.25) is 0 Å². The quantitative estimate of drug-likeness (QED) is 0.868. The molecule has 2 nitrogen and oxygen atoms in total. The normalized spacial score (nSPS) is 19.9. The molecular formula is C13H22N2S. The monoisotopic (exact) mass is 238 g/mol. The van der Waals surface area contributed by atoms with Crippen molar-refractivity contribution in [1.29, 1.82) is 0 Å². The van der Waals surface area contributed by atoms with Gasteiger partial charge < -0.3 is 5.32 Å². The lowest BCUT2D eigenvalue weighted by Crippen LogP contribution is -2.34. The van der Waals surface area contributed by atoms with Crippen molar-refractivity contribution in [1.82, 2.24) is 10.3 Å². The summed E-state index contributed by atoms with van der Waals surface area (Å²) in [4.78, 5) is 4.48. The summed E-state index contributed by atoms with van der Waals surface area (Å²) >= 11 is 1.76. The summed E-state index contributed by atoms with van der Waals surface area (Å²) in [6.45, 7) is 5.33. The fraction of sp³-hybridized carbons (Fsp3) is 0.769. The summed E-state index contributed by atoms with van der Waals surface area (Å²) in [5.41, 5.74) is 1.15. The van der Waals surface area contributed by atoms with Crippen LogP contribution in [0.3, 0.4) is 0 Å². The minimum absolute atomic E-state index is 0.643. The van der Waals surface area contributed by atoms with E-state index in [1.807, 2.05) is 0 Å². The molecule has 1 saturated carbocycles. The van der Waals surface area contributed by atoms with Crippen LogP contribution in [0.2, 0.25) is 0 Å². The van der Waals surface area contributed by atoms with Gasteiger partial charge in [-0.1, -0.05) is 19.3 Å². The second-order valence-electron chi connectivity index (χ2n) is 4.95. The van der Waals surface area contributed by atoms with Gasteiger partial charge in [0.1, 0.15) is 5.01 Å². The van der Waals surface area contributed by atoms with Crippen molar-refractivity contribution in [2.24, 2.45) is 5.92 Å². The van der Waals surface area contributed by atoms with Crippen LogP contribution in [-0.4, -0.2) is 11.0 Å². The Hall–Kier alpha value is -0.410. The molecule has 1 aliphatic rings. The van der Waals surface area contributed by atoms with E-state index in [4.69, 9.17) is 0 Å². The topological polar surface area (TPSA) is 24.9 Å². The largest absolute Gasteiger partial charge is 0.308 e. The highest BCUT2D eigenvalue weighted by Gasteiger charge is 2.19. The van der Waals surface area contributed by atoms with Gasteiger partial charge in [-0.15, -0.1) is 11.3 Å². The molecule has 1 aromatic heterocycles. The second-order valence-corrected chi connectivity index (χ2v) is 5.89. The molecular weight excluding hydrogens is 216 g/mol. The Kier molecular flexibility index (Phi) is 4.36. The standard InChI is InChI=1S/C13H22N2S/c1-10-9-16-13(15-10)8-14-11(2)12-6-4-3-5-7-12/h9,11-12,14H,3-8H2,1-2H3. The lowest BCUT2D eigenvalue weighted by molar-refractivity contribution is 0.280. The van der Waals surface area contributed by atoms with Gasteiger partial charge in [-0.05, 0) is 32.6 Å². The highest BCUT2D eigenvalue weighted by molar-refractivity contribution is 7.09. The molecule has 0 saturated heterocycles. The van der Waals surface area contributed by atoms with Gasteiger partial charge in [0.15, 0.2) is 0 Å². The zero-order chi connectivity index (χ0) is 11.4. The Labute approximate surface area is 102 Å². The molecule has 0 spiro atoms. The highest BCUT2D eigenvalue weighted by atomic mass is 32.1. The number of thiazole rings is 1. The van der Waals surface area contributed by atoms with Crippen LogP contribution in [0.25, 0.3) is 0 Å². The third-order valence-corrected chi connectivity index (χ3v) is 4.57. The summed E-state index contributed by atoms with van der Waals surface area (Å²) < 4.78 is 0. The lowest BCUT2D eigenvalue weighted by atomic mass is 9.84. The predicted octanol–water partition coefficient (Wildman–Crippen LogP) is 3.51. The van der Waals surface area contributed by atoms with E-state index in [-0.39, 0.29) is 0 Å². The third kappa shape index (κ3) is 3.29. The summed E-state index contributed by atoms with van der Waals surface area (Å²) in [5.74, 6) is 0.884. The predicted molar refractivity (Wildman–Crippen MR) is 69.7 cm³/mol. The summed E-state index contributed by atoms with van der Waals surface area (Å²) in [5, 5.41) is 6.98. The highest BCUT2D eigenvalue weighted by Crippen LogP contribution is 2.26. The van der Waals surface area contributed by atoms with Crippen molar-refractivity contribution in [3.05, 3.63) is 16.1 Å². The average molecular weight is 238 g/mol. The van der Waals surface area contributed by atoms with Crippen molar-refractivity contribution in [3.8, 4) is 0 Å². The molecule has 2 rings (SSSR count). The number of aromatic nitrogens is 1. The summed E-state index contributed by atoms with van der Waals surface area (Å²) in [6, 6.07) is 0.643. The van der Waals surface area contributed by atoms with Crippen LogP contribution in [0, 0.1) is 12.8 Å². The maximum absolute atomic E-state index is 4.48. The van der Waals surface area contributed by atoms with Gasteiger partial charge in [-0.25, -0.2) is 4.98 Å². The molecule has 1 atom stereocenters. The van der Waals surface area contributed by atoms with Crippen molar-refractivity contribution in [2.75, 3.05) is 0 Å². The molecule has 0 amide bonds. The Morgan fingerprint density at radius 1 is 1.44 bits per heavy atom. The van der Waals surface area contributed by atoms with E-state index in [2.05, 4.69) is 29.5 Å². The van der Waals surface area contributed by atoms with Crippen LogP contribution >= 0.6 is 11.3 Å². The number of rotatable bonds is 4. The molecule has 1 aromatic rings. The molecule has 1 heterocycles. The fourth-order valence-corrected chi connectivity index (χ4v) is 3.26. The average Bonchev–Trinajstić information content (AvgIpc) is 2.73. The smallest absolute Gasteiger partial charge is 0.107 e. The molecule has 1 unspecified atom stereocenters. The Bertz CT molecular complexity index is 315. The number of aryl methyl sites for hydroxylation is 1. The van der Waals surface area contributed by atoms with Crippen LogP contribution in [0.5, 0.6) is 0 Å². The lowest BCUT2D eigenvalue weighted by Gasteiger charge is -2.28. The van der Waals surface area contributed by atoms with Gasteiger partial charge in [0.05, 0.1) is 0 Å². The van der Waals surface area contributed by atoms with Crippen LogP contribution in [-0.2, 0) is 6.54 Å². The minimum Gasteiger partial charge on any atom is -0.308 e. The Morgan fingerprint density at radius 3 is 2.81 bits per heavy atom. The number of hydrogen-bond donors (Lipinski definition) is 1. The SMILES string of the molecule is Cc1csc(CNC(C)C2CCCCC2)n1. The van der Waals surface area contributed by atoms with E-state index in [0.717, 1.165) is 18.2 Å². The molecule has 0 bridgehead atoms. The zero-order valence-corrected chi connectivity index (χ0v) is 11.1. The molecule has 1 fully saturated rings. The first-order valence-corrected chi connectivity index (χ1v) is 7.28. The maximum atomic E-state index is 4.48. The van der Waals surface area contributed by atoms with E-state index in [1.54, 1.807) is 11.3 Å². The minimum atomic E-state index is 0.643. The van der Waals surface area contributed by atoms with E-state index in [0.29, 0.717) is 6.04 Å². The molecule has 3 heteroatoms. The molecule has 1 N–H and O–H groups in total. The van der Waals surface area contributed by atoms with E-state index < -0.39 is 0 Å². The molecule has 0 aromatic carbocycles. The second kappa shape index (κ2) is 5.78. The maximum Gasteiger partial charge on any atom is 0.107 e. The molecule has 0 radical (unpaired) electrons. The van der Waals surface area contributed by atoms with Crippen LogP contribution in [0.1, 0.15) is 49.7 Å². The Morgan fingerprint density at radius 2 is 2.19 bits per heavy atom. The number of nitrogens with one attached hydrogen (secondary N) is 1. The number of hydrogen-bond acceptors (Lipinski definition) is 3. The zero-order valence-electron chi connectivity index (χ0n) is 10.3. The Balaban J connectivity index is 1.76. The van der Waals surface area contributed by atoms with Crippen molar-refractivity contribution >= 4 is 11.3 Å². The number of nitrogens with zero attached hydrogens (tertiary/aromatic N) is 1. The third-order valence-electron chi connectivity index (χ3n) is 3.60. The van der Waals surface area contributed by atoms with Gasteiger partial charge in [0.25, 0.3) is 0 Å². The van der Waals surface area contributed by atoms with Crippen molar-refractivity contribution in [3.63, 3.8) is 0 Å². The first kappa shape index (κ1) is 12.1. The molecule has 0 aliphatic heterocycles. The van der Waals surface area contributed by atoms with Crippen LogP contribution in [0.4, 0.5) is 0 Å². The van der Waals surface area contributed by atoms with Gasteiger partial charge in [-0.3, -0.25) is 0 Å². The first-order valence-electron chi connectivity index (χ1n) is 6.40. The first-order chi connectivity index (χ1) is 7.75. The fourth-order valence-electron chi connectivity index (χ4n) is 2.53. The molecule has 1 aliphatic carbocycles.